The Morgan fingerprint density at radius 2 is 2.37 bits per heavy atom. The number of fused-ring (bicyclic) bond motifs is 1. The van der Waals surface area contributed by atoms with Crippen molar-refractivity contribution >= 4 is 17.3 Å². The largest absolute Gasteiger partial charge is 0.444 e. The van der Waals surface area contributed by atoms with E-state index in [2.05, 4.69) is 19.9 Å². The first-order valence-corrected chi connectivity index (χ1v) is 8.54. The summed E-state index contributed by atoms with van der Waals surface area (Å²) in [7, 11) is 0. The van der Waals surface area contributed by atoms with Gasteiger partial charge in [-0.2, -0.15) is 0 Å². The summed E-state index contributed by atoms with van der Waals surface area (Å²) in [6.45, 7) is 2.69. The lowest BCUT2D eigenvalue weighted by molar-refractivity contribution is -0.0331. The van der Waals surface area contributed by atoms with Crippen LogP contribution in [0.2, 0.25) is 0 Å². The van der Waals surface area contributed by atoms with Gasteiger partial charge in [-0.05, 0) is 18.6 Å². The third-order valence-corrected chi connectivity index (χ3v) is 4.50. The molecule has 0 unspecified atom stereocenters. The van der Waals surface area contributed by atoms with Crippen molar-refractivity contribution in [2.45, 2.75) is 19.6 Å². The summed E-state index contributed by atoms with van der Waals surface area (Å²) in [4.78, 5) is 29.5. The van der Waals surface area contributed by atoms with Gasteiger partial charge >= 0.3 is 6.09 Å². The fourth-order valence-electron chi connectivity index (χ4n) is 2.99. The van der Waals surface area contributed by atoms with Crippen molar-refractivity contribution < 1.29 is 18.7 Å². The maximum atomic E-state index is 13.9. The van der Waals surface area contributed by atoms with Gasteiger partial charge in [0.15, 0.2) is 5.65 Å². The number of carbonyl (C=O) groups excluding carboxylic acids is 1. The minimum absolute atomic E-state index is 0.112. The summed E-state index contributed by atoms with van der Waals surface area (Å²) in [6, 6.07) is 4.76. The summed E-state index contributed by atoms with van der Waals surface area (Å²) in [6.07, 6.45) is 2.12. The Morgan fingerprint density at radius 1 is 1.48 bits per heavy atom. The van der Waals surface area contributed by atoms with Gasteiger partial charge in [0.1, 0.15) is 36.2 Å². The highest BCUT2D eigenvalue weighted by Gasteiger charge is 2.28. The van der Waals surface area contributed by atoms with Crippen LogP contribution in [0.25, 0.3) is 11.2 Å². The molecule has 1 N–H and O–H groups in total. The Kier molecular flexibility index (Phi) is 4.68. The summed E-state index contributed by atoms with van der Waals surface area (Å²) >= 11 is 0. The Bertz CT molecular complexity index is 923. The minimum Gasteiger partial charge on any atom is -0.444 e. The highest BCUT2D eigenvalue weighted by atomic mass is 19.1. The van der Waals surface area contributed by atoms with E-state index in [1.165, 1.54) is 17.3 Å². The van der Waals surface area contributed by atoms with Crippen molar-refractivity contribution in [1.29, 1.82) is 0 Å². The second-order valence-electron chi connectivity index (χ2n) is 6.28. The smallest absolute Gasteiger partial charge is 0.410 e. The summed E-state index contributed by atoms with van der Waals surface area (Å²) in [5.41, 5.74) is 2.36. The third kappa shape index (κ3) is 3.59. The second kappa shape index (κ2) is 7.28. The molecule has 3 heterocycles. The third-order valence-electron chi connectivity index (χ3n) is 4.50. The van der Waals surface area contributed by atoms with E-state index in [1.807, 2.05) is 0 Å². The van der Waals surface area contributed by atoms with Crippen LogP contribution in [-0.4, -0.2) is 50.6 Å². The van der Waals surface area contributed by atoms with Crippen molar-refractivity contribution in [3.05, 3.63) is 53.5 Å². The minimum atomic E-state index is -0.512. The molecule has 1 saturated heterocycles. The standard InChI is InChI=1S/C18H18FN5O3/c1-11-3-2-4-13(19)12(11)9-27-18(25)24-5-6-26-15(8-24)17-22-14-7-20-10-21-16(14)23-17/h2-4,7,10,15H,5-6,8-9H2,1H3,(H,20,21,22,23)/t15-/m0/s1. The number of amides is 1. The number of H-pyrrole nitrogens is 1. The Labute approximate surface area is 154 Å². The van der Waals surface area contributed by atoms with E-state index in [-0.39, 0.29) is 19.0 Å². The zero-order valence-electron chi connectivity index (χ0n) is 14.7. The number of halogens is 1. The van der Waals surface area contributed by atoms with Crippen LogP contribution < -0.4 is 0 Å². The van der Waals surface area contributed by atoms with Crippen molar-refractivity contribution in [2.75, 3.05) is 19.7 Å². The molecule has 0 spiro atoms. The van der Waals surface area contributed by atoms with Gasteiger partial charge in [-0.15, -0.1) is 0 Å². The number of aromatic amines is 1. The molecule has 1 aliphatic heterocycles. The molecule has 1 amide bonds. The molecule has 2 aromatic heterocycles. The topological polar surface area (TPSA) is 93.2 Å². The average molecular weight is 371 g/mol. The van der Waals surface area contributed by atoms with Crippen LogP contribution in [0.4, 0.5) is 9.18 Å². The number of nitrogens with zero attached hydrogens (tertiary/aromatic N) is 4. The lowest BCUT2D eigenvalue weighted by atomic mass is 10.1. The predicted octanol–water partition coefficient (Wildman–Crippen LogP) is 2.51. The molecule has 0 aliphatic carbocycles. The Hall–Kier alpha value is -3.07. The maximum Gasteiger partial charge on any atom is 0.410 e. The number of hydrogen-bond acceptors (Lipinski definition) is 6. The molecule has 27 heavy (non-hydrogen) atoms. The van der Waals surface area contributed by atoms with Crippen LogP contribution in [0, 0.1) is 12.7 Å². The highest BCUT2D eigenvalue weighted by molar-refractivity contribution is 5.69. The molecule has 4 rings (SSSR count). The predicted molar refractivity (Wildman–Crippen MR) is 93.3 cm³/mol. The molecule has 1 atom stereocenters. The van der Waals surface area contributed by atoms with E-state index in [1.54, 1.807) is 25.3 Å². The van der Waals surface area contributed by atoms with Gasteiger partial charge in [-0.25, -0.2) is 24.1 Å². The zero-order chi connectivity index (χ0) is 18.8. The number of hydrogen-bond donors (Lipinski definition) is 1. The molecule has 1 aromatic carbocycles. The molecule has 1 fully saturated rings. The van der Waals surface area contributed by atoms with Gasteiger partial charge in [0.25, 0.3) is 0 Å². The van der Waals surface area contributed by atoms with Crippen molar-refractivity contribution in [2.24, 2.45) is 0 Å². The van der Waals surface area contributed by atoms with Crippen LogP contribution in [0.5, 0.6) is 0 Å². The number of morpholine rings is 1. The highest BCUT2D eigenvalue weighted by Crippen LogP contribution is 2.22. The van der Waals surface area contributed by atoms with Gasteiger partial charge in [0.2, 0.25) is 0 Å². The van der Waals surface area contributed by atoms with Gasteiger partial charge < -0.3 is 19.4 Å². The normalized spacial score (nSPS) is 17.3. The van der Waals surface area contributed by atoms with Crippen LogP contribution in [0.1, 0.15) is 23.1 Å². The van der Waals surface area contributed by atoms with E-state index in [9.17, 15) is 9.18 Å². The fraction of sp³-hybridized carbons (Fsp3) is 0.333. The molecule has 8 nitrogen and oxygen atoms in total. The van der Waals surface area contributed by atoms with Crippen LogP contribution in [0.15, 0.2) is 30.7 Å². The molecule has 3 aromatic rings. The molecular weight excluding hydrogens is 353 g/mol. The molecule has 1 aliphatic rings. The number of carbonyl (C=O) groups is 1. The number of aromatic nitrogens is 4. The quantitative estimate of drug-likeness (QED) is 0.760. The Balaban J connectivity index is 1.42. The van der Waals surface area contributed by atoms with E-state index < -0.39 is 12.2 Å². The van der Waals surface area contributed by atoms with Gasteiger partial charge in [-0.1, -0.05) is 12.1 Å². The first-order chi connectivity index (χ1) is 13.1. The number of nitrogens with one attached hydrogen (secondary N) is 1. The van der Waals surface area contributed by atoms with Gasteiger partial charge in [-0.3, -0.25) is 0 Å². The lowest BCUT2D eigenvalue weighted by Gasteiger charge is -2.31. The van der Waals surface area contributed by atoms with E-state index >= 15 is 0 Å². The van der Waals surface area contributed by atoms with Crippen LogP contribution >= 0.6 is 0 Å². The van der Waals surface area contributed by atoms with Crippen LogP contribution in [0.3, 0.4) is 0 Å². The molecule has 0 radical (unpaired) electrons. The number of imidazole rings is 1. The molecular formula is C18H18FN5O3. The monoisotopic (exact) mass is 371 g/mol. The number of aryl methyl sites for hydroxylation is 1. The van der Waals surface area contributed by atoms with Gasteiger partial charge in [0, 0.05) is 12.1 Å². The van der Waals surface area contributed by atoms with Crippen molar-refractivity contribution in [1.82, 2.24) is 24.8 Å². The second-order valence-corrected chi connectivity index (χ2v) is 6.28. The first kappa shape index (κ1) is 17.3. The zero-order valence-corrected chi connectivity index (χ0v) is 14.7. The van der Waals surface area contributed by atoms with Crippen LogP contribution in [-0.2, 0) is 16.1 Å². The SMILES string of the molecule is Cc1cccc(F)c1COC(=O)N1CCO[C@H](c2nc3ncncc3[nH]2)C1. The number of ether oxygens (including phenoxy) is 2. The van der Waals surface area contributed by atoms with Crippen molar-refractivity contribution in [3.63, 3.8) is 0 Å². The first-order valence-electron chi connectivity index (χ1n) is 8.54. The summed E-state index contributed by atoms with van der Waals surface area (Å²) in [5.74, 6) is 0.194. The number of benzene rings is 1. The number of rotatable bonds is 3. The molecule has 0 bridgehead atoms. The van der Waals surface area contributed by atoms with E-state index in [0.717, 1.165) is 5.56 Å². The van der Waals surface area contributed by atoms with Crippen molar-refractivity contribution in [3.8, 4) is 0 Å². The molecule has 9 heteroatoms. The Morgan fingerprint density at radius 3 is 3.19 bits per heavy atom. The maximum absolute atomic E-state index is 13.9. The fourth-order valence-corrected chi connectivity index (χ4v) is 2.99. The van der Waals surface area contributed by atoms with E-state index in [4.69, 9.17) is 9.47 Å². The summed E-state index contributed by atoms with van der Waals surface area (Å²) in [5, 5.41) is 0. The summed E-state index contributed by atoms with van der Waals surface area (Å²) < 4.78 is 24.9. The molecule has 140 valence electrons. The van der Waals surface area contributed by atoms with E-state index in [0.29, 0.717) is 35.7 Å². The van der Waals surface area contributed by atoms with Gasteiger partial charge in [0.05, 0.1) is 19.3 Å². The molecule has 0 saturated carbocycles. The lowest BCUT2D eigenvalue weighted by Crippen LogP contribution is -2.42. The average Bonchev–Trinajstić information content (AvgIpc) is 3.12.